The highest BCUT2D eigenvalue weighted by Crippen LogP contribution is 2.22. The van der Waals surface area contributed by atoms with Gasteiger partial charge in [-0.1, -0.05) is 32.6 Å². The zero-order valence-electron chi connectivity index (χ0n) is 14.0. The van der Waals surface area contributed by atoms with E-state index in [1.165, 1.54) is 31.7 Å². The van der Waals surface area contributed by atoms with Crippen molar-refractivity contribution in [1.29, 1.82) is 0 Å². The van der Waals surface area contributed by atoms with Gasteiger partial charge in [0.1, 0.15) is 5.75 Å². The van der Waals surface area contributed by atoms with Crippen LogP contribution in [0.15, 0.2) is 23.1 Å². The molecule has 1 unspecified atom stereocenters. The summed E-state index contributed by atoms with van der Waals surface area (Å²) in [6.07, 6.45) is 5.41. The Bertz CT molecular complexity index is 629. The Morgan fingerprint density at radius 1 is 1.30 bits per heavy atom. The normalized spacial score (nSPS) is 12.7. The van der Waals surface area contributed by atoms with Crippen molar-refractivity contribution < 1.29 is 17.9 Å². The van der Waals surface area contributed by atoms with Gasteiger partial charge in [-0.15, -0.1) is 0 Å². The van der Waals surface area contributed by atoms with Gasteiger partial charge < -0.3 is 10.1 Å². The first-order chi connectivity index (χ1) is 10.8. The predicted octanol–water partition coefficient (Wildman–Crippen LogP) is 2.43. The van der Waals surface area contributed by atoms with Gasteiger partial charge in [-0.25, -0.2) is 13.6 Å². The second-order valence-corrected chi connectivity index (χ2v) is 7.19. The highest BCUT2D eigenvalue weighted by atomic mass is 32.2. The highest BCUT2D eigenvalue weighted by Gasteiger charge is 2.18. The molecular formula is C16H26N2O4S. The Labute approximate surface area is 138 Å². The smallest absolute Gasteiger partial charge is 0.255 e. The number of amides is 1. The zero-order chi connectivity index (χ0) is 17.5. The van der Waals surface area contributed by atoms with Crippen LogP contribution < -0.4 is 15.2 Å². The molecule has 1 amide bonds. The molecule has 1 aromatic carbocycles. The molecule has 23 heavy (non-hydrogen) atoms. The fourth-order valence-electron chi connectivity index (χ4n) is 2.29. The highest BCUT2D eigenvalue weighted by molar-refractivity contribution is 7.89. The minimum Gasteiger partial charge on any atom is -0.496 e. The summed E-state index contributed by atoms with van der Waals surface area (Å²) in [5.41, 5.74) is 0.166. The molecule has 6 nitrogen and oxygen atoms in total. The van der Waals surface area contributed by atoms with Crippen molar-refractivity contribution >= 4 is 15.9 Å². The van der Waals surface area contributed by atoms with Crippen molar-refractivity contribution in [3.05, 3.63) is 23.8 Å². The number of hydrogen-bond acceptors (Lipinski definition) is 4. The largest absolute Gasteiger partial charge is 0.496 e. The number of ether oxygens (including phenoxy) is 1. The first-order valence-corrected chi connectivity index (χ1v) is 9.36. The molecule has 0 saturated heterocycles. The van der Waals surface area contributed by atoms with Crippen LogP contribution in [0.5, 0.6) is 5.75 Å². The van der Waals surface area contributed by atoms with Crippen LogP contribution in [0.25, 0.3) is 0 Å². The van der Waals surface area contributed by atoms with Gasteiger partial charge in [0.25, 0.3) is 5.91 Å². The molecule has 0 spiro atoms. The van der Waals surface area contributed by atoms with Gasteiger partial charge in [-0.05, 0) is 31.5 Å². The Hall–Kier alpha value is -1.60. The van der Waals surface area contributed by atoms with Crippen LogP contribution >= 0.6 is 0 Å². The van der Waals surface area contributed by atoms with E-state index in [1.807, 2.05) is 6.92 Å². The molecule has 0 saturated carbocycles. The van der Waals surface area contributed by atoms with Gasteiger partial charge in [0.15, 0.2) is 0 Å². The maximum Gasteiger partial charge on any atom is 0.255 e. The minimum atomic E-state index is -3.87. The van der Waals surface area contributed by atoms with Crippen molar-refractivity contribution in [2.45, 2.75) is 56.9 Å². The van der Waals surface area contributed by atoms with Crippen molar-refractivity contribution in [2.75, 3.05) is 7.11 Å². The number of benzene rings is 1. The van der Waals surface area contributed by atoms with E-state index in [9.17, 15) is 13.2 Å². The topological polar surface area (TPSA) is 98.5 Å². The summed E-state index contributed by atoms with van der Waals surface area (Å²) in [5, 5.41) is 7.98. The number of hydrogen-bond donors (Lipinski definition) is 2. The molecule has 0 heterocycles. The molecule has 7 heteroatoms. The quantitative estimate of drug-likeness (QED) is 0.673. The van der Waals surface area contributed by atoms with Crippen LogP contribution in [0.4, 0.5) is 0 Å². The summed E-state index contributed by atoms with van der Waals surface area (Å²) >= 11 is 0. The molecular weight excluding hydrogens is 316 g/mol. The Morgan fingerprint density at radius 3 is 2.57 bits per heavy atom. The molecule has 1 aromatic rings. The van der Waals surface area contributed by atoms with E-state index in [-0.39, 0.29) is 22.4 Å². The van der Waals surface area contributed by atoms with E-state index in [4.69, 9.17) is 9.88 Å². The van der Waals surface area contributed by atoms with Gasteiger partial charge in [-0.2, -0.15) is 0 Å². The lowest BCUT2D eigenvalue weighted by molar-refractivity contribution is 0.0934. The number of nitrogens with one attached hydrogen (secondary N) is 1. The number of methoxy groups -OCH3 is 1. The first kappa shape index (κ1) is 19.4. The van der Waals surface area contributed by atoms with Gasteiger partial charge in [0.2, 0.25) is 10.0 Å². The van der Waals surface area contributed by atoms with Gasteiger partial charge in [0.05, 0.1) is 17.6 Å². The average molecular weight is 342 g/mol. The number of primary sulfonamides is 1. The average Bonchev–Trinajstić information content (AvgIpc) is 2.50. The molecule has 0 bridgehead atoms. The number of rotatable bonds is 9. The van der Waals surface area contributed by atoms with E-state index in [1.54, 1.807) is 0 Å². The molecule has 0 fully saturated rings. The number of unbranched alkanes of at least 4 members (excludes halogenated alkanes) is 3. The second kappa shape index (κ2) is 8.88. The molecule has 3 N–H and O–H groups in total. The van der Waals surface area contributed by atoms with Crippen LogP contribution in [0, 0.1) is 0 Å². The van der Waals surface area contributed by atoms with E-state index in [2.05, 4.69) is 12.2 Å². The lowest BCUT2D eigenvalue weighted by atomic mass is 10.1. The maximum absolute atomic E-state index is 12.4. The summed E-state index contributed by atoms with van der Waals surface area (Å²) in [5.74, 6) is -0.0524. The Balaban J connectivity index is 2.81. The van der Waals surface area contributed by atoms with E-state index in [0.717, 1.165) is 25.7 Å². The Kier molecular flexibility index (Phi) is 7.51. The van der Waals surface area contributed by atoms with Gasteiger partial charge >= 0.3 is 0 Å². The van der Waals surface area contributed by atoms with Gasteiger partial charge in [0, 0.05) is 6.04 Å². The van der Waals surface area contributed by atoms with Crippen molar-refractivity contribution in [2.24, 2.45) is 5.14 Å². The van der Waals surface area contributed by atoms with E-state index >= 15 is 0 Å². The second-order valence-electron chi connectivity index (χ2n) is 5.63. The molecule has 0 aliphatic rings. The number of sulfonamides is 1. The van der Waals surface area contributed by atoms with Crippen LogP contribution in [-0.4, -0.2) is 27.5 Å². The maximum atomic E-state index is 12.4. The number of nitrogens with two attached hydrogens (primary N) is 1. The van der Waals surface area contributed by atoms with Crippen molar-refractivity contribution in [1.82, 2.24) is 5.32 Å². The zero-order valence-corrected chi connectivity index (χ0v) is 14.8. The van der Waals surface area contributed by atoms with Crippen molar-refractivity contribution in [3.63, 3.8) is 0 Å². The fraction of sp³-hybridized carbons (Fsp3) is 0.562. The molecule has 1 atom stereocenters. The van der Waals surface area contributed by atoms with Crippen LogP contribution in [-0.2, 0) is 10.0 Å². The fourth-order valence-corrected chi connectivity index (χ4v) is 2.83. The molecule has 1 rings (SSSR count). The summed E-state index contributed by atoms with van der Waals surface area (Å²) < 4.78 is 28.0. The SMILES string of the molecule is CCCCCCC(C)NC(=O)c1cc(S(N)(=O)=O)ccc1OC. The number of carbonyl (C=O) groups is 1. The summed E-state index contributed by atoms with van der Waals surface area (Å²) in [6, 6.07) is 4.00. The first-order valence-electron chi connectivity index (χ1n) is 7.81. The van der Waals surface area contributed by atoms with Crippen LogP contribution in [0.1, 0.15) is 56.3 Å². The summed E-state index contributed by atoms with van der Waals surface area (Å²) in [7, 11) is -2.44. The minimum absolute atomic E-state index is 0.00204. The molecule has 0 radical (unpaired) electrons. The van der Waals surface area contributed by atoms with Gasteiger partial charge in [-0.3, -0.25) is 4.79 Å². The standard InChI is InChI=1S/C16H26N2O4S/c1-4-5-6-7-8-12(2)18-16(19)14-11-13(23(17,20)21)9-10-15(14)22-3/h9-12H,4-8H2,1-3H3,(H,18,19)(H2,17,20,21). The van der Waals surface area contributed by atoms with E-state index < -0.39 is 10.0 Å². The third-order valence-corrected chi connectivity index (χ3v) is 4.52. The van der Waals surface area contributed by atoms with Crippen LogP contribution in [0.3, 0.4) is 0 Å². The lowest BCUT2D eigenvalue weighted by Gasteiger charge is -2.15. The number of carbonyl (C=O) groups excluding carboxylic acids is 1. The van der Waals surface area contributed by atoms with Crippen LogP contribution in [0.2, 0.25) is 0 Å². The predicted molar refractivity (Wildman–Crippen MR) is 90.1 cm³/mol. The lowest BCUT2D eigenvalue weighted by Crippen LogP contribution is -2.33. The molecule has 0 aliphatic carbocycles. The van der Waals surface area contributed by atoms with Crippen molar-refractivity contribution in [3.8, 4) is 5.75 Å². The molecule has 0 aromatic heterocycles. The third kappa shape index (κ3) is 6.19. The van der Waals surface area contributed by atoms with E-state index in [0.29, 0.717) is 5.75 Å². The Morgan fingerprint density at radius 2 is 2.00 bits per heavy atom. The third-order valence-electron chi connectivity index (χ3n) is 3.61. The molecule has 0 aliphatic heterocycles. The monoisotopic (exact) mass is 342 g/mol. The summed E-state index contributed by atoms with van der Waals surface area (Å²) in [6.45, 7) is 4.08. The summed E-state index contributed by atoms with van der Waals surface area (Å²) in [4.78, 5) is 12.3. The molecule has 130 valence electrons.